The first-order valence-electron chi connectivity index (χ1n) is 8.16. The average molecular weight is 421 g/mol. The summed E-state index contributed by atoms with van der Waals surface area (Å²) in [5.41, 5.74) is -0.195. The Morgan fingerprint density at radius 3 is 2.45 bits per heavy atom. The molecule has 0 aliphatic rings. The van der Waals surface area contributed by atoms with E-state index in [4.69, 9.17) is 21.1 Å². The predicted molar refractivity (Wildman–Crippen MR) is 105 cm³/mol. The Bertz CT molecular complexity index is 979. The quantitative estimate of drug-likeness (QED) is 0.297. The molecule has 0 spiro atoms. The number of azo groups is 1. The van der Waals surface area contributed by atoms with E-state index in [1.54, 1.807) is 0 Å². The van der Waals surface area contributed by atoms with Crippen molar-refractivity contribution in [1.82, 2.24) is 0 Å². The van der Waals surface area contributed by atoms with Crippen LogP contribution in [0.4, 0.5) is 17.1 Å². The van der Waals surface area contributed by atoms with Crippen LogP contribution in [-0.4, -0.2) is 36.9 Å². The number of Topliss-reactive ketones (excluding diaryl/α,β-unsaturated/α-hetero) is 1. The number of nitro benzene ring substituents is 1. The molecule has 2 aromatic carbocycles. The summed E-state index contributed by atoms with van der Waals surface area (Å²) in [5.74, 6) is -0.944. The molecule has 11 heteroatoms. The third kappa shape index (κ3) is 5.05. The second kappa shape index (κ2) is 9.60. The summed E-state index contributed by atoms with van der Waals surface area (Å²) in [6.45, 7) is 1.15. The van der Waals surface area contributed by atoms with Gasteiger partial charge in [-0.3, -0.25) is 19.7 Å². The first-order chi connectivity index (χ1) is 13.8. The predicted octanol–water partition coefficient (Wildman–Crippen LogP) is 3.95. The lowest BCUT2D eigenvalue weighted by Crippen LogP contribution is -2.32. The van der Waals surface area contributed by atoms with Crippen LogP contribution in [0.15, 0.2) is 46.6 Å². The van der Waals surface area contributed by atoms with E-state index in [1.807, 2.05) is 0 Å². The number of para-hydroxylation sites is 1. The van der Waals surface area contributed by atoms with Crippen LogP contribution in [-0.2, 0) is 9.59 Å². The number of carbonyl (C=O) groups excluding carboxylic acids is 2. The molecule has 0 heterocycles. The van der Waals surface area contributed by atoms with E-state index in [1.165, 1.54) is 50.6 Å². The summed E-state index contributed by atoms with van der Waals surface area (Å²) >= 11 is 6.15. The summed E-state index contributed by atoms with van der Waals surface area (Å²) in [4.78, 5) is 34.9. The number of ether oxygens (including phenoxy) is 2. The Morgan fingerprint density at radius 2 is 1.86 bits per heavy atom. The molecule has 1 N–H and O–H groups in total. The fourth-order valence-corrected chi connectivity index (χ4v) is 2.66. The van der Waals surface area contributed by atoms with Crippen LogP contribution in [0.3, 0.4) is 0 Å². The molecule has 0 bridgehead atoms. The SMILES string of the molecule is COc1ccc(NC(=O)C(N=Nc2ccccc2[N+](=O)[O-])C(C)=O)c(OC)c1Cl. The van der Waals surface area contributed by atoms with Gasteiger partial charge in [-0.25, -0.2) is 0 Å². The van der Waals surface area contributed by atoms with E-state index in [2.05, 4.69) is 15.5 Å². The second-order valence-corrected chi connectivity index (χ2v) is 6.00. The van der Waals surface area contributed by atoms with Gasteiger partial charge in [0.2, 0.25) is 6.04 Å². The lowest BCUT2D eigenvalue weighted by molar-refractivity contribution is -0.384. The topological polar surface area (TPSA) is 132 Å². The van der Waals surface area contributed by atoms with Crippen LogP contribution < -0.4 is 14.8 Å². The number of rotatable bonds is 8. The van der Waals surface area contributed by atoms with Crippen molar-refractivity contribution >= 4 is 40.4 Å². The zero-order valence-corrected chi connectivity index (χ0v) is 16.5. The van der Waals surface area contributed by atoms with E-state index < -0.39 is 22.7 Å². The first kappa shape index (κ1) is 21.8. The highest BCUT2D eigenvalue weighted by Crippen LogP contribution is 2.40. The molecule has 2 aromatic rings. The van der Waals surface area contributed by atoms with Gasteiger partial charge in [-0.15, -0.1) is 5.11 Å². The molecule has 0 aliphatic carbocycles. The van der Waals surface area contributed by atoms with Crippen molar-refractivity contribution < 1.29 is 24.0 Å². The standard InChI is InChI=1S/C18H17ClN4O6/c1-10(24)16(22-21-11-6-4-5-7-13(11)23(26)27)18(25)20-12-8-9-14(28-2)15(19)17(12)29-3/h4-9,16H,1-3H3,(H,20,25). The molecule has 0 radical (unpaired) electrons. The van der Waals surface area contributed by atoms with Crippen molar-refractivity contribution in [2.24, 2.45) is 10.2 Å². The van der Waals surface area contributed by atoms with Crippen molar-refractivity contribution in [2.75, 3.05) is 19.5 Å². The average Bonchev–Trinajstić information content (AvgIpc) is 2.68. The summed E-state index contributed by atoms with van der Waals surface area (Å²) in [7, 11) is 2.78. The van der Waals surface area contributed by atoms with E-state index in [9.17, 15) is 19.7 Å². The molecule has 1 atom stereocenters. The molecular formula is C18H17ClN4O6. The van der Waals surface area contributed by atoms with Crippen LogP contribution in [0.2, 0.25) is 5.02 Å². The lowest BCUT2D eigenvalue weighted by atomic mass is 10.2. The third-order valence-corrected chi connectivity index (χ3v) is 4.09. The van der Waals surface area contributed by atoms with E-state index in [-0.39, 0.29) is 27.8 Å². The third-order valence-electron chi connectivity index (χ3n) is 3.74. The zero-order valence-electron chi connectivity index (χ0n) is 15.7. The van der Waals surface area contributed by atoms with Gasteiger partial charge in [0.05, 0.1) is 24.8 Å². The minimum atomic E-state index is -1.53. The van der Waals surface area contributed by atoms with Gasteiger partial charge in [0.25, 0.3) is 11.6 Å². The van der Waals surface area contributed by atoms with Crippen LogP contribution >= 0.6 is 11.6 Å². The smallest absolute Gasteiger partial charge is 0.296 e. The number of benzene rings is 2. The van der Waals surface area contributed by atoms with Crippen molar-refractivity contribution in [3.63, 3.8) is 0 Å². The maximum absolute atomic E-state index is 12.6. The highest BCUT2D eigenvalue weighted by Gasteiger charge is 2.26. The summed E-state index contributed by atoms with van der Waals surface area (Å²) in [5, 5.41) is 21.1. The molecule has 0 aliphatic heterocycles. The number of carbonyl (C=O) groups is 2. The molecule has 29 heavy (non-hydrogen) atoms. The van der Waals surface area contributed by atoms with E-state index in [0.717, 1.165) is 6.92 Å². The fraction of sp³-hybridized carbons (Fsp3) is 0.222. The Morgan fingerprint density at radius 1 is 1.17 bits per heavy atom. The number of hydrogen-bond donors (Lipinski definition) is 1. The van der Waals surface area contributed by atoms with Gasteiger partial charge in [-0.1, -0.05) is 23.7 Å². The van der Waals surface area contributed by atoms with Crippen LogP contribution in [0.25, 0.3) is 0 Å². The Hall–Kier alpha value is -3.53. The molecular weight excluding hydrogens is 404 g/mol. The van der Waals surface area contributed by atoms with E-state index in [0.29, 0.717) is 5.75 Å². The van der Waals surface area contributed by atoms with Crippen molar-refractivity contribution in [1.29, 1.82) is 0 Å². The Balaban J connectivity index is 2.31. The Kier molecular flexibility index (Phi) is 7.21. The van der Waals surface area contributed by atoms with Gasteiger partial charge in [0.15, 0.2) is 17.2 Å². The minimum Gasteiger partial charge on any atom is -0.495 e. The number of halogens is 1. The van der Waals surface area contributed by atoms with Gasteiger partial charge in [0.1, 0.15) is 10.8 Å². The lowest BCUT2D eigenvalue weighted by Gasteiger charge is -2.15. The largest absolute Gasteiger partial charge is 0.495 e. The maximum Gasteiger partial charge on any atom is 0.296 e. The van der Waals surface area contributed by atoms with Crippen LogP contribution in [0, 0.1) is 10.1 Å². The molecule has 10 nitrogen and oxygen atoms in total. The van der Waals surface area contributed by atoms with Gasteiger partial charge in [0, 0.05) is 6.07 Å². The molecule has 0 fully saturated rings. The molecule has 1 amide bonds. The fourth-order valence-electron chi connectivity index (χ4n) is 2.34. The molecule has 2 rings (SSSR count). The summed E-state index contributed by atoms with van der Waals surface area (Å²) < 4.78 is 10.3. The normalized spacial score (nSPS) is 11.7. The number of ketones is 1. The van der Waals surface area contributed by atoms with Gasteiger partial charge >= 0.3 is 0 Å². The molecule has 0 aromatic heterocycles. The minimum absolute atomic E-state index is 0.0818. The van der Waals surface area contributed by atoms with Gasteiger partial charge in [-0.05, 0) is 25.1 Å². The molecule has 1 unspecified atom stereocenters. The van der Waals surface area contributed by atoms with E-state index >= 15 is 0 Å². The number of methoxy groups -OCH3 is 2. The van der Waals surface area contributed by atoms with Crippen LogP contribution in [0.5, 0.6) is 11.5 Å². The van der Waals surface area contributed by atoms with Crippen molar-refractivity contribution in [3.8, 4) is 11.5 Å². The number of anilines is 1. The maximum atomic E-state index is 12.6. The second-order valence-electron chi connectivity index (χ2n) is 5.63. The monoisotopic (exact) mass is 420 g/mol. The molecule has 0 saturated heterocycles. The molecule has 152 valence electrons. The highest BCUT2D eigenvalue weighted by molar-refractivity contribution is 6.34. The number of nitrogens with one attached hydrogen (secondary N) is 1. The summed E-state index contributed by atoms with van der Waals surface area (Å²) in [6, 6.07) is 7.04. The van der Waals surface area contributed by atoms with Crippen LogP contribution in [0.1, 0.15) is 6.92 Å². The molecule has 0 saturated carbocycles. The number of amides is 1. The number of hydrogen-bond acceptors (Lipinski definition) is 8. The van der Waals surface area contributed by atoms with Crippen molar-refractivity contribution in [3.05, 3.63) is 51.5 Å². The van der Waals surface area contributed by atoms with Gasteiger partial charge in [-0.2, -0.15) is 5.11 Å². The first-order valence-corrected chi connectivity index (χ1v) is 8.54. The summed E-state index contributed by atoms with van der Waals surface area (Å²) in [6.07, 6.45) is 0. The zero-order chi connectivity index (χ0) is 21.6. The number of nitro groups is 1. The van der Waals surface area contributed by atoms with Crippen molar-refractivity contribution in [2.45, 2.75) is 13.0 Å². The number of nitrogens with zero attached hydrogens (tertiary/aromatic N) is 3. The van der Waals surface area contributed by atoms with Gasteiger partial charge < -0.3 is 14.8 Å². The highest BCUT2D eigenvalue weighted by atomic mass is 35.5. The Labute approximate surface area is 170 Å².